The van der Waals surface area contributed by atoms with Crippen molar-refractivity contribution in [3.05, 3.63) is 27.1 Å². The molecule has 0 radical (unpaired) electrons. The molecule has 6 nitrogen and oxygen atoms in total. The Bertz CT molecular complexity index is 567. The van der Waals surface area contributed by atoms with E-state index in [4.69, 9.17) is 4.74 Å². The van der Waals surface area contributed by atoms with Crippen molar-refractivity contribution in [3.8, 4) is 5.19 Å². The van der Waals surface area contributed by atoms with E-state index < -0.39 is 0 Å². The second kappa shape index (κ2) is 6.31. The maximum Gasteiger partial charge on any atom is 0.324 e. The molecular formula is C10H11N3O3S3. The van der Waals surface area contributed by atoms with Gasteiger partial charge in [0.1, 0.15) is 0 Å². The lowest BCUT2D eigenvalue weighted by Crippen LogP contribution is -2.04. The highest BCUT2D eigenvalue weighted by Gasteiger charge is 2.11. The highest BCUT2D eigenvalue weighted by atomic mass is 32.2. The van der Waals surface area contributed by atoms with Crippen LogP contribution >= 0.6 is 34.4 Å². The molecule has 0 atom stereocenters. The van der Waals surface area contributed by atoms with Crippen LogP contribution in [0.15, 0.2) is 15.8 Å². The van der Waals surface area contributed by atoms with Gasteiger partial charge in [-0.15, -0.1) is 5.10 Å². The van der Waals surface area contributed by atoms with E-state index in [1.54, 1.807) is 11.4 Å². The fraction of sp³-hybridized carbons (Fsp3) is 0.400. The molecule has 0 spiro atoms. The molecule has 102 valence electrons. The maximum absolute atomic E-state index is 10.6. The zero-order valence-corrected chi connectivity index (χ0v) is 12.7. The molecular weight excluding hydrogens is 306 g/mol. The molecule has 2 rings (SSSR count). The topological polar surface area (TPSA) is 78.2 Å². The molecule has 9 heteroatoms. The van der Waals surface area contributed by atoms with Crippen molar-refractivity contribution in [2.24, 2.45) is 0 Å². The SMILES string of the molecule is CC(C)Oc1nnc(SCc2csc([N+](=O)[O-])c2)s1. The predicted octanol–water partition coefficient (Wildman–Crippen LogP) is 3.59. The molecule has 0 aliphatic carbocycles. The van der Waals surface area contributed by atoms with Crippen molar-refractivity contribution < 1.29 is 9.66 Å². The quantitative estimate of drug-likeness (QED) is 0.460. The standard InChI is InChI=1S/C10H11N3O3S3/c1-6(2)16-9-11-12-10(19-9)18-5-7-3-8(13(14)15)17-4-7/h3-4,6H,5H2,1-2H3. The Labute approximate surface area is 122 Å². The Kier molecular flexibility index (Phi) is 4.72. The van der Waals surface area contributed by atoms with Crippen LogP contribution in [0.1, 0.15) is 19.4 Å². The van der Waals surface area contributed by atoms with Gasteiger partial charge in [0.2, 0.25) is 0 Å². The largest absolute Gasteiger partial charge is 0.466 e. The molecule has 0 aromatic carbocycles. The van der Waals surface area contributed by atoms with Crippen molar-refractivity contribution >= 4 is 39.4 Å². The summed E-state index contributed by atoms with van der Waals surface area (Å²) in [5.74, 6) is 0.640. The fourth-order valence-corrected chi connectivity index (χ4v) is 3.75. The van der Waals surface area contributed by atoms with Crippen LogP contribution in [-0.4, -0.2) is 21.2 Å². The normalized spacial score (nSPS) is 10.9. The number of nitrogens with zero attached hydrogens (tertiary/aromatic N) is 3. The van der Waals surface area contributed by atoms with E-state index in [1.807, 2.05) is 13.8 Å². The van der Waals surface area contributed by atoms with E-state index in [-0.39, 0.29) is 16.0 Å². The molecule has 0 aliphatic rings. The van der Waals surface area contributed by atoms with Crippen LogP contribution in [0.3, 0.4) is 0 Å². The molecule has 0 saturated heterocycles. The zero-order chi connectivity index (χ0) is 13.8. The molecule has 2 aromatic rings. The van der Waals surface area contributed by atoms with Gasteiger partial charge in [0.15, 0.2) is 4.34 Å². The molecule has 0 bridgehead atoms. The Morgan fingerprint density at radius 2 is 2.32 bits per heavy atom. The molecule has 0 amide bonds. The van der Waals surface area contributed by atoms with Crippen LogP contribution in [0.5, 0.6) is 5.19 Å². The molecule has 0 saturated carbocycles. The molecule has 0 unspecified atom stereocenters. The number of aromatic nitrogens is 2. The monoisotopic (exact) mass is 317 g/mol. The van der Waals surface area contributed by atoms with Gasteiger partial charge in [-0.05, 0) is 30.7 Å². The molecule has 0 aliphatic heterocycles. The number of thiophene rings is 1. The molecule has 19 heavy (non-hydrogen) atoms. The summed E-state index contributed by atoms with van der Waals surface area (Å²) in [6.45, 7) is 3.86. The summed E-state index contributed by atoms with van der Waals surface area (Å²) in [7, 11) is 0. The lowest BCUT2D eigenvalue weighted by Gasteiger charge is -2.02. The van der Waals surface area contributed by atoms with Crippen LogP contribution in [-0.2, 0) is 5.75 Å². The third-order valence-corrected chi connectivity index (χ3v) is 4.85. The van der Waals surface area contributed by atoms with Gasteiger partial charge in [0.05, 0.1) is 11.0 Å². The van der Waals surface area contributed by atoms with Crippen LogP contribution in [0, 0.1) is 10.1 Å². The lowest BCUT2D eigenvalue weighted by atomic mass is 10.4. The fourth-order valence-electron chi connectivity index (χ4n) is 1.18. The number of nitro groups is 1. The highest BCUT2D eigenvalue weighted by molar-refractivity contribution is 8.00. The van der Waals surface area contributed by atoms with Gasteiger partial charge in [-0.1, -0.05) is 28.2 Å². The van der Waals surface area contributed by atoms with Gasteiger partial charge < -0.3 is 4.74 Å². The van der Waals surface area contributed by atoms with E-state index in [0.717, 1.165) is 21.2 Å². The Morgan fingerprint density at radius 3 is 2.95 bits per heavy atom. The third kappa shape index (κ3) is 4.15. The number of ether oxygens (including phenoxy) is 1. The summed E-state index contributed by atoms with van der Waals surface area (Å²) in [4.78, 5) is 10.2. The van der Waals surface area contributed by atoms with Gasteiger partial charge in [0, 0.05) is 17.2 Å². The minimum atomic E-state index is -0.377. The summed E-state index contributed by atoms with van der Waals surface area (Å²) >= 11 is 4.01. The van der Waals surface area contributed by atoms with Gasteiger partial charge in [-0.25, -0.2) is 0 Å². The number of thioether (sulfide) groups is 1. The van der Waals surface area contributed by atoms with Gasteiger partial charge in [-0.2, -0.15) is 0 Å². The van der Waals surface area contributed by atoms with E-state index >= 15 is 0 Å². The molecule has 2 heterocycles. The number of hydrogen-bond donors (Lipinski definition) is 0. The van der Waals surface area contributed by atoms with Crippen LogP contribution < -0.4 is 4.74 Å². The minimum absolute atomic E-state index is 0.0744. The average Bonchev–Trinajstić information content (AvgIpc) is 2.94. The Balaban J connectivity index is 1.90. The molecule has 0 N–H and O–H groups in total. The molecule has 2 aromatic heterocycles. The predicted molar refractivity (Wildman–Crippen MR) is 76.2 cm³/mol. The van der Waals surface area contributed by atoms with Crippen molar-refractivity contribution in [1.82, 2.24) is 10.2 Å². The first-order valence-corrected chi connectivity index (χ1v) is 8.07. The van der Waals surface area contributed by atoms with Crippen LogP contribution in [0.2, 0.25) is 0 Å². The summed E-state index contributed by atoms with van der Waals surface area (Å²) in [5, 5.41) is 21.0. The Morgan fingerprint density at radius 1 is 1.53 bits per heavy atom. The number of hydrogen-bond acceptors (Lipinski definition) is 8. The van der Waals surface area contributed by atoms with E-state index in [0.29, 0.717) is 10.9 Å². The lowest BCUT2D eigenvalue weighted by molar-refractivity contribution is -0.380. The van der Waals surface area contributed by atoms with Gasteiger partial charge >= 0.3 is 5.00 Å². The smallest absolute Gasteiger partial charge is 0.324 e. The Hall–Kier alpha value is -1.19. The number of rotatable bonds is 6. The summed E-state index contributed by atoms with van der Waals surface area (Å²) in [6, 6.07) is 1.59. The highest BCUT2D eigenvalue weighted by Crippen LogP contribution is 2.32. The minimum Gasteiger partial charge on any atom is -0.466 e. The second-order valence-corrected chi connectivity index (χ2v) is 6.89. The van der Waals surface area contributed by atoms with Crippen molar-refractivity contribution in [1.29, 1.82) is 0 Å². The third-order valence-electron chi connectivity index (χ3n) is 1.91. The average molecular weight is 317 g/mol. The second-order valence-electron chi connectivity index (χ2n) is 3.84. The first-order chi connectivity index (χ1) is 9.04. The first kappa shape index (κ1) is 14.2. The van der Waals surface area contributed by atoms with Crippen molar-refractivity contribution in [2.75, 3.05) is 0 Å². The summed E-state index contributed by atoms with van der Waals surface area (Å²) in [5.41, 5.74) is 0.920. The van der Waals surface area contributed by atoms with E-state index in [2.05, 4.69) is 10.2 Å². The van der Waals surface area contributed by atoms with Crippen LogP contribution in [0.25, 0.3) is 0 Å². The summed E-state index contributed by atoms with van der Waals surface area (Å²) in [6.07, 6.45) is 0.0744. The first-order valence-electron chi connectivity index (χ1n) is 5.39. The van der Waals surface area contributed by atoms with Crippen molar-refractivity contribution in [3.63, 3.8) is 0 Å². The van der Waals surface area contributed by atoms with E-state index in [1.165, 1.54) is 23.1 Å². The van der Waals surface area contributed by atoms with Gasteiger partial charge in [-0.3, -0.25) is 10.1 Å². The maximum atomic E-state index is 10.6. The summed E-state index contributed by atoms with van der Waals surface area (Å²) < 4.78 is 6.22. The van der Waals surface area contributed by atoms with Crippen molar-refractivity contribution in [2.45, 2.75) is 30.0 Å². The van der Waals surface area contributed by atoms with Gasteiger partial charge in [0.25, 0.3) is 5.19 Å². The van der Waals surface area contributed by atoms with Crippen LogP contribution in [0.4, 0.5) is 5.00 Å². The van der Waals surface area contributed by atoms with E-state index in [9.17, 15) is 10.1 Å². The molecule has 0 fully saturated rings. The zero-order valence-electron chi connectivity index (χ0n) is 10.2.